The standard InChI is InChI=1S/C7H3BrCl2O3S/c8-4-1-2-5(7(9)11)6(3-4)14(10,12)13/h1-3H. The summed E-state index contributed by atoms with van der Waals surface area (Å²) in [6.45, 7) is 0. The van der Waals surface area contributed by atoms with E-state index in [-0.39, 0.29) is 10.5 Å². The Balaban J connectivity index is 3.54. The van der Waals surface area contributed by atoms with E-state index in [2.05, 4.69) is 15.9 Å². The topological polar surface area (TPSA) is 51.2 Å². The third-order valence-electron chi connectivity index (χ3n) is 1.42. The molecule has 0 aliphatic carbocycles. The van der Waals surface area contributed by atoms with Crippen LogP contribution in [0, 0.1) is 0 Å². The number of benzene rings is 1. The average Bonchev–Trinajstić information content (AvgIpc) is 2.01. The minimum atomic E-state index is -3.96. The fraction of sp³-hybridized carbons (Fsp3) is 0. The molecule has 0 bridgehead atoms. The van der Waals surface area contributed by atoms with Crippen molar-refractivity contribution < 1.29 is 13.2 Å². The molecule has 3 nitrogen and oxygen atoms in total. The van der Waals surface area contributed by atoms with Crippen molar-refractivity contribution in [2.45, 2.75) is 4.90 Å². The summed E-state index contributed by atoms with van der Waals surface area (Å²) in [6.07, 6.45) is 0. The summed E-state index contributed by atoms with van der Waals surface area (Å²) in [4.78, 5) is 10.6. The molecule has 7 heteroatoms. The lowest BCUT2D eigenvalue weighted by atomic mass is 10.2. The second kappa shape index (κ2) is 4.18. The molecule has 0 spiro atoms. The van der Waals surface area contributed by atoms with Crippen LogP contribution in [0.3, 0.4) is 0 Å². The van der Waals surface area contributed by atoms with E-state index >= 15 is 0 Å². The van der Waals surface area contributed by atoms with Gasteiger partial charge in [0.05, 0.1) is 10.5 Å². The summed E-state index contributed by atoms with van der Waals surface area (Å²) in [5, 5.41) is -0.864. The molecule has 0 aliphatic rings. The van der Waals surface area contributed by atoms with Crippen LogP contribution >= 0.6 is 38.2 Å². The summed E-state index contributed by atoms with van der Waals surface area (Å²) in [6, 6.07) is 4.01. The molecule has 1 aromatic rings. The van der Waals surface area contributed by atoms with Crippen molar-refractivity contribution in [1.29, 1.82) is 0 Å². The lowest BCUT2D eigenvalue weighted by Gasteiger charge is -2.02. The van der Waals surface area contributed by atoms with Crippen LogP contribution in [-0.4, -0.2) is 13.7 Å². The summed E-state index contributed by atoms with van der Waals surface area (Å²) < 4.78 is 22.6. The third-order valence-corrected chi connectivity index (χ3v) is 3.48. The SMILES string of the molecule is O=C(Cl)c1ccc(Br)cc1S(=O)(=O)Cl. The van der Waals surface area contributed by atoms with Gasteiger partial charge in [-0.3, -0.25) is 4.79 Å². The van der Waals surface area contributed by atoms with Gasteiger partial charge >= 0.3 is 0 Å². The van der Waals surface area contributed by atoms with E-state index in [0.717, 1.165) is 0 Å². The zero-order valence-electron chi connectivity index (χ0n) is 6.50. The first kappa shape index (κ1) is 12.0. The van der Waals surface area contributed by atoms with Crippen LogP contribution in [0.2, 0.25) is 0 Å². The van der Waals surface area contributed by atoms with Crippen molar-refractivity contribution in [1.82, 2.24) is 0 Å². The van der Waals surface area contributed by atoms with Gasteiger partial charge in [0.2, 0.25) is 0 Å². The fourth-order valence-electron chi connectivity index (χ4n) is 0.860. The maximum Gasteiger partial charge on any atom is 0.262 e. The third kappa shape index (κ3) is 2.70. The van der Waals surface area contributed by atoms with E-state index in [1.807, 2.05) is 0 Å². The first-order valence-electron chi connectivity index (χ1n) is 3.26. The summed E-state index contributed by atoms with van der Waals surface area (Å²) in [7, 11) is 1.16. The van der Waals surface area contributed by atoms with Crippen LogP contribution in [0.5, 0.6) is 0 Å². The Kier molecular flexibility index (Phi) is 3.58. The fourth-order valence-corrected chi connectivity index (χ4v) is 2.67. The molecule has 0 unspecified atom stereocenters. The Bertz CT molecular complexity index is 484. The molecule has 0 saturated carbocycles. The Morgan fingerprint density at radius 1 is 1.36 bits per heavy atom. The predicted octanol–water partition coefficient (Wildman–Crippen LogP) is 2.76. The maximum atomic E-state index is 11.0. The molecular weight excluding hydrogens is 315 g/mol. The predicted molar refractivity (Wildman–Crippen MR) is 57.4 cm³/mol. The zero-order chi connectivity index (χ0) is 10.9. The number of halogens is 3. The second-order valence-electron chi connectivity index (χ2n) is 2.35. The molecule has 0 atom stereocenters. The number of rotatable bonds is 2. The summed E-state index contributed by atoms with van der Waals surface area (Å²) in [5.41, 5.74) is -0.134. The van der Waals surface area contributed by atoms with Crippen molar-refractivity contribution in [2.24, 2.45) is 0 Å². The minimum Gasteiger partial charge on any atom is -0.276 e. The van der Waals surface area contributed by atoms with Crippen LogP contribution < -0.4 is 0 Å². The monoisotopic (exact) mass is 316 g/mol. The van der Waals surface area contributed by atoms with Crippen molar-refractivity contribution in [3.63, 3.8) is 0 Å². The van der Waals surface area contributed by atoms with Gasteiger partial charge in [0.25, 0.3) is 14.3 Å². The highest BCUT2D eigenvalue weighted by atomic mass is 79.9. The van der Waals surface area contributed by atoms with Gasteiger partial charge < -0.3 is 0 Å². The Morgan fingerprint density at radius 2 is 1.93 bits per heavy atom. The number of carbonyl (C=O) groups excluding carboxylic acids is 1. The van der Waals surface area contributed by atoms with Crippen LogP contribution in [0.1, 0.15) is 10.4 Å². The molecule has 1 rings (SSSR count). The van der Waals surface area contributed by atoms with Gasteiger partial charge in [-0.2, -0.15) is 0 Å². The van der Waals surface area contributed by atoms with Crippen LogP contribution in [0.25, 0.3) is 0 Å². The highest BCUT2D eigenvalue weighted by Gasteiger charge is 2.19. The molecule has 0 N–H and O–H groups in total. The van der Waals surface area contributed by atoms with E-state index < -0.39 is 14.3 Å². The Hall–Kier alpha value is -0.100. The van der Waals surface area contributed by atoms with Gasteiger partial charge in [0, 0.05) is 15.2 Å². The summed E-state index contributed by atoms with van der Waals surface area (Å²) >= 11 is 8.25. The number of hydrogen-bond donors (Lipinski definition) is 0. The molecule has 0 aromatic heterocycles. The maximum absolute atomic E-state index is 11.0. The normalized spacial score (nSPS) is 11.4. The minimum absolute atomic E-state index is 0.134. The Labute approximate surface area is 98.6 Å². The largest absolute Gasteiger partial charge is 0.276 e. The molecule has 0 amide bonds. The highest BCUT2D eigenvalue weighted by Crippen LogP contribution is 2.25. The van der Waals surface area contributed by atoms with Crippen LogP contribution in [0.4, 0.5) is 0 Å². The van der Waals surface area contributed by atoms with E-state index in [0.29, 0.717) is 4.47 Å². The van der Waals surface area contributed by atoms with E-state index in [4.69, 9.17) is 22.3 Å². The lowest BCUT2D eigenvalue weighted by molar-refractivity contribution is 0.107. The second-order valence-corrected chi connectivity index (χ2v) is 6.15. The first-order chi connectivity index (χ1) is 6.32. The molecule has 0 radical (unpaired) electrons. The van der Waals surface area contributed by atoms with Crippen LogP contribution in [-0.2, 0) is 9.05 Å². The highest BCUT2D eigenvalue weighted by molar-refractivity contribution is 9.10. The van der Waals surface area contributed by atoms with Gasteiger partial charge in [-0.25, -0.2) is 8.42 Å². The molecule has 76 valence electrons. The number of hydrogen-bond acceptors (Lipinski definition) is 3. The van der Waals surface area contributed by atoms with E-state index in [9.17, 15) is 13.2 Å². The van der Waals surface area contributed by atoms with Crippen LogP contribution in [0.15, 0.2) is 27.6 Å². The van der Waals surface area contributed by atoms with Gasteiger partial charge in [-0.05, 0) is 29.8 Å². The molecule has 0 heterocycles. The Morgan fingerprint density at radius 3 is 2.36 bits per heavy atom. The quantitative estimate of drug-likeness (QED) is 0.788. The molecule has 0 saturated heterocycles. The van der Waals surface area contributed by atoms with E-state index in [1.54, 1.807) is 0 Å². The zero-order valence-corrected chi connectivity index (χ0v) is 10.4. The van der Waals surface area contributed by atoms with Gasteiger partial charge in [-0.1, -0.05) is 15.9 Å². The smallest absolute Gasteiger partial charge is 0.262 e. The average molecular weight is 318 g/mol. The van der Waals surface area contributed by atoms with Crippen molar-refractivity contribution in [2.75, 3.05) is 0 Å². The van der Waals surface area contributed by atoms with Gasteiger partial charge in [-0.15, -0.1) is 0 Å². The van der Waals surface area contributed by atoms with Crippen molar-refractivity contribution in [3.8, 4) is 0 Å². The van der Waals surface area contributed by atoms with E-state index in [1.165, 1.54) is 18.2 Å². The summed E-state index contributed by atoms with van der Waals surface area (Å²) in [5.74, 6) is 0. The molecule has 0 fully saturated rings. The molecule has 0 aliphatic heterocycles. The number of carbonyl (C=O) groups is 1. The lowest BCUT2D eigenvalue weighted by Crippen LogP contribution is -2.00. The van der Waals surface area contributed by atoms with Gasteiger partial charge in [0.1, 0.15) is 0 Å². The molecular formula is C7H3BrCl2O3S. The first-order valence-corrected chi connectivity index (χ1v) is 6.74. The molecule has 14 heavy (non-hydrogen) atoms. The molecule has 1 aromatic carbocycles. The van der Waals surface area contributed by atoms with Gasteiger partial charge in [0.15, 0.2) is 0 Å². The van der Waals surface area contributed by atoms with Crippen molar-refractivity contribution in [3.05, 3.63) is 28.2 Å². The van der Waals surface area contributed by atoms with Crippen molar-refractivity contribution >= 4 is 52.5 Å².